The molecule has 1 aliphatic rings. The molecule has 31 heavy (non-hydrogen) atoms. The zero-order valence-corrected chi connectivity index (χ0v) is 18.6. The summed E-state index contributed by atoms with van der Waals surface area (Å²) in [5.41, 5.74) is 2.20. The third-order valence-corrected chi connectivity index (χ3v) is 7.83. The molecule has 0 aliphatic carbocycles. The highest BCUT2D eigenvalue weighted by Gasteiger charge is 2.33. The third kappa shape index (κ3) is 4.13. The van der Waals surface area contributed by atoms with Gasteiger partial charge in [-0.3, -0.25) is 4.79 Å². The molecule has 3 aromatic rings. The van der Waals surface area contributed by atoms with Gasteiger partial charge in [-0.2, -0.15) is 0 Å². The molecule has 0 saturated heterocycles. The van der Waals surface area contributed by atoms with Gasteiger partial charge in [-0.1, -0.05) is 35.5 Å². The number of amides is 1. The summed E-state index contributed by atoms with van der Waals surface area (Å²) in [5.74, 6) is -0.946. The standard InChI is InChI=1S/C21H20N2O6S2/c1-3-28-21(25)17-14-9-10-31(26,27)11-15(14)30-20(17)22-19(24)16-12(2)29-23-18(16)13-7-5-4-6-8-13/h4-8H,3,9-11H2,1-2H3,(H,22,24). The van der Waals surface area contributed by atoms with E-state index < -0.39 is 21.7 Å². The summed E-state index contributed by atoms with van der Waals surface area (Å²) in [6, 6.07) is 9.13. The monoisotopic (exact) mass is 460 g/mol. The SMILES string of the molecule is CCOC(=O)c1c(NC(=O)c2c(-c3ccccc3)noc2C)sc2c1CCS(=O)(=O)C2. The van der Waals surface area contributed by atoms with Gasteiger partial charge >= 0.3 is 5.97 Å². The van der Waals surface area contributed by atoms with Gasteiger partial charge in [0.05, 0.1) is 23.7 Å². The predicted molar refractivity (Wildman–Crippen MR) is 116 cm³/mol. The highest BCUT2D eigenvalue weighted by atomic mass is 32.2. The maximum atomic E-state index is 13.2. The fourth-order valence-electron chi connectivity index (χ4n) is 3.53. The molecular weight excluding hydrogens is 440 g/mol. The van der Waals surface area contributed by atoms with Crippen LogP contribution in [0, 0.1) is 6.92 Å². The Kier molecular flexibility index (Phi) is 5.67. The summed E-state index contributed by atoms with van der Waals surface area (Å²) in [5, 5.41) is 7.06. The molecule has 1 aliphatic heterocycles. The number of esters is 1. The number of nitrogens with one attached hydrogen (secondary N) is 1. The van der Waals surface area contributed by atoms with E-state index >= 15 is 0 Å². The molecule has 10 heteroatoms. The van der Waals surface area contributed by atoms with E-state index in [2.05, 4.69) is 10.5 Å². The van der Waals surface area contributed by atoms with E-state index in [4.69, 9.17) is 9.26 Å². The Morgan fingerprint density at radius 2 is 1.97 bits per heavy atom. The van der Waals surface area contributed by atoms with E-state index in [1.807, 2.05) is 30.3 Å². The molecule has 1 N–H and O–H groups in total. The first-order valence-corrected chi connectivity index (χ1v) is 12.3. The quantitative estimate of drug-likeness (QED) is 0.578. The Morgan fingerprint density at radius 1 is 1.23 bits per heavy atom. The van der Waals surface area contributed by atoms with Gasteiger partial charge in [0.15, 0.2) is 9.84 Å². The number of benzene rings is 1. The number of sulfone groups is 1. The van der Waals surface area contributed by atoms with Crippen molar-refractivity contribution in [3.63, 3.8) is 0 Å². The third-order valence-electron chi connectivity index (χ3n) is 4.95. The van der Waals surface area contributed by atoms with E-state index in [-0.39, 0.29) is 40.7 Å². The van der Waals surface area contributed by atoms with Crippen molar-refractivity contribution >= 4 is 38.1 Å². The number of fused-ring (bicyclic) bond motifs is 1. The average molecular weight is 461 g/mol. The molecule has 0 spiro atoms. The molecule has 162 valence electrons. The molecule has 8 nitrogen and oxygen atoms in total. The van der Waals surface area contributed by atoms with Gasteiger partial charge in [0.1, 0.15) is 22.0 Å². The summed E-state index contributed by atoms with van der Waals surface area (Å²) in [6.45, 7) is 3.48. The van der Waals surface area contributed by atoms with Gasteiger partial charge in [-0.05, 0) is 25.8 Å². The number of ether oxygens (including phenoxy) is 1. The van der Waals surface area contributed by atoms with Crippen LogP contribution in [-0.2, 0) is 26.7 Å². The zero-order valence-electron chi connectivity index (χ0n) is 16.9. The van der Waals surface area contributed by atoms with Crippen LogP contribution in [0.15, 0.2) is 34.9 Å². The average Bonchev–Trinajstić information content (AvgIpc) is 3.27. The van der Waals surface area contributed by atoms with Gasteiger partial charge in [0.2, 0.25) is 0 Å². The van der Waals surface area contributed by atoms with Crippen molar-refractivity contribution in [2.75, 3.05) is 17.7 Å². The first-order chi connectivity index (χ1) is 14.8. The lowest BCUT2D eigenvalue weighted by Crippen LogP contribution is -2.20. The van der Waals surface area contributed by atoms with Crippen LogP contribution in [0.1, 0.15) is 43.8 Å². The molecule has 0 atom stereocenters. The summed E-state index contributed by atoms with van der Waals surface area (Å²) in [7, 11) is -3.24. The smallest absolute Gasteiger partial charge is 0.341 e. The fourth-order valence-corrected chi connectivity index (χ4v) is 6.56. The maximum Gasteiger partial charge on any atom is 0.341 e. The van der Waals surface area contributed by atoms with E-state index in [1.54, 1.807) is 13.8 Å². The molecule has 1 amide bonds. The number of carbonyl (C=O) groups excluding carboxylic acids is 2. The second-order valence-corrected chi connectivity index (χ2v) is 10.3. The number of thiophene rings is 1. The van der Waals surface area contributed by atoms with Crippen LogP contribution in [0.5, 0.6) is 0 Å². The molecular formula is C21H20N2O6S2. The van der Waals surface area contributed by atoms with E-state index in [0.717, 1.165) is 11.3 Å². The van der Waals surface area contributed by atoms with Gasteiger partial charge < -0.3 is 14.6 Å². The molecule has 0 fully saturated rings. The Morgan fingerprint density at radius 3 is 2.68 bits per heavy atom. The first kappa shape index (κ1) is 21.3. The van der Waals surface area contributed by atoms with E-state index in [1.165, 1.54) is 0 Å². The van der Waals surface area contributed by atoms with Crippen molar-refractivity contribution in [3.05, 3.63) is 57.7 Å². The normalized spacial score (nSPS) is 14.6. The first-order valence-electron chi connectivity index (χ1n) is 9.66. The van der Waals surface area contributed by atoms with Crippen LogP contribution in [0.25, 0.3) is 11.3 Å². The summed E-state index contributed by atoms with van der Waals surface area (Å²) >= 11 is 1.09. The van der Waals surface area contributed by atoms with Crippen molar-refractivity contribution in [3.8, 4) is 11.3 Å². The lowest BCUT2D eigenvalue weighted by molar-refractivity contribution is 0.0527. The Balaban J connectivity index is 1.74. The number of hydrogen-bond donors (Lipinski definition) is 1. The number of carbonyl (C=O) groups is 2. The number of aryl methyl sites for hydroxylation is 1. The minimum Gasteiger partial charge on any atom is -0.462 e. The zero-order chi connectivity index (χ0) is 22.2. The molecule has 0 saturated carbocycles. The largest absolute Gasteiger partial charge is 0.462 e. The molecule has 2 aromatic heterocycles. The lowest BCUT2D eigenvalue weighted by atomic mass is 10.1. The highest BCUT2D eigenvalue weighted by Crippen LogP contribution is 2.39. The Hall–Kier alpha value is -2.98. The van der Waals surface area contributed by atoms with Crippen LogP contribution < -0.4 is 5.32 Å². The fraction of sp³-hybridized carbons (Fsp3) is 0.286. The van der Waals surface area contributed by atoms with Crippen molar-refractivity contribution in [1.82, 2.24) is 5.16 Å². The second-order valence-electron chi connectivity index (χ2n) is 7.05. The predicted octanol–water partition coefficient (Wildman–Crippen LogP) is 3.61. The van der Waals surface area contributed by atoms with Gasteiger partial charge in [-0.15, -0.1) is 11.3 Å². The number of hydrogen-bond acceptors (Lipinski definition) is 8. The molecule has 0 unspecified atom stereocenters. The van der Waals surface area contributed by atoms with Crippen molar-refractivity contribution < 1.29 is 27.3 Å². The van der Waals surface area contributed by atoms with Gasteiger partial charge in [0.25, 0.3) is 5.91 Å². The Bertz CT molecular complexity index is 1260. The van der Waals surface area contributed by atoms with Gasteiger partial charge in [0, 0.05) is 10.4 Å². The van der Waals surface area contributed by atoms with Crippen molar-refractivity contribution in [1.29, 1.82) is 0 Å². The van der Waals surface area contributed by atoms with E-state index in [9.17, 15) is 18.0 Å². The van der Waals surface area contributed by atoms with E-state index in [0.29, 0.717) is 27.5 Å². The lowest BCUT2D eigenvalue weighted by Gasteiger charge is -2.13. The highest BCUT2D eigenvalue weighted by molar-refractivity contribution is 7.90. The van der Waals surface area contributed by atoms with Crippen LogP contribution in [-0.4, -0.2) is 37.8 Å². The van der Waals surface area contributed by atoms with Crippen molar-refractivity contribution in [2.24, 2.45) is 0 Å². The van der Waals surface area contributed by atoms with Crippen LogP contribution in [0.2, 0.25) is 0 Å². The van der Waals surface area contributed by atoms with Crippen LogP contribution in [0.3, 0.4) is 0 Å². The number of aromatic nitrogens is 1. The maximum absolute atomic E-state index is 13.2. The number of anilines is 1. The topological polar surface area (TPSA) is 116 Å². The molecule has 0 radical (unpaired) electrons. The summed E-state index contributed by atoms with van der Waals surface area (Å²) in [4.78, 5) is 26.4. The number of nitrogens with zero attached hydrogens (tertiary/aromatic N) is 1. The molecule has 4 rings (SSSR count). The number of rotatable bonds is 5. The van der Waals surface area contributed by atoms with Gasteiger partial charge in [-0.25, -0.2) is 13.2 Å². The minimum atomic E-state index is -3.24. The molecule has 3 heterocycles. The van der Waals surface area contributed by atoms with Crippen LogP contribution >= 0.6 is 11.3 Å². The molecule has 0 bridgehead atoms. The van der Waals surface area contributed by atoms with Crippen LogP contribution in [0.4, 0.5) is 5.00 Å². The summed E-state index contributed by atoms with van der Waals surface area (Å²) in [6.07, 6.45) is 0.208. The molecule has 1 aromatic carbocycles. The Labute approximate surface area is 183 Å². The van der Waals surface area contributed by atoms with Crippen molar-refractivity contribution in [2.45, 2.75) is 26.0 Å². The minimum absolute atomic E-state index is 0.0422. The second kappa shape index (κ2) is 8.27. The summed E-state index contributed by atoms with van der Waals surface area (Å²) < 4.78 is 34.6.